The van der Waals surface area contributed by atoms with Crippen molar-refractivity contribution in [2.24, 2.45) is 33.8 Å². The maximum atomic E-state index is 13.6. The molecule has 1 rings (SSSR count). The minimum absolute atomic E-state index is 0.0480. The molecule has 3 atom stereocenters. The van der Waals surface area contributed by atoms with E-state index in [1.807, 2.05) is 0 Å². The fraction of sp³-hybridized carbons (Fsp3) is 0.634. The molecule has 1 aromatic rings. The first kappa shape index (κ1) is 67.8. The van der Waals surface area contributed by atoms with E-state index in [1.54, 1.807) is 38.1 Å². The largest absolute Gasteiger partial charge is 0.490 e. The molecule has 0 saturated carbocycles. The van der Waals surface area contributed by atoms with Crippen molar-refractivity contribution in [3.63, 3.8) is 0 Å². The van der Waals surface area contributed by atoms with Crippen LogP contribution >= 0.6 is 0 Å². The third kappa shape index (κ3) is 35.7. The van der Waals surface area contributed by atoms with Gasteiger partial charge in [0.2, 0.25) is 23.6 Å². The van der Waals surface area contributed by atoms with Gasteiger partial charge in [0, 0.05) is 25.1 Å². The van der Waals surface area contributed by atoms with E-state index in [0.717, 1.165) is 31.2 Å². The molecule has 16 N–H and O–H groups in total. The predicted octanol–water partition coefficient (Wildman–Crippen LogP) is 3.92. The number of nitrogens with one attached hydrogen (secondary N) is 5. The second-order valence-electron chi connectivity index (χ2n) is 15.3. The van der Waals surface area contributed by atoms with Crippen molar-refractivity contribution in [3.05, 3.63) is 35.4 Å². The van der Waals surface area contributed by atoms with E-state index in [9.17, 15) is 58.7 Å². The van der Waals surface area contributed by atoms with Gasteiger partial charge in [-0.3, -0.25) is 29.6 Å². The molecule has 0 radical (unpaired) electrons. The average Bonchev–Trinajstić information content (AvgIpc) is 3.24. The van der Waals surface area contributed by atoms with Gasteiger partial charge < -0.3 is 59.5 Å². The maximum Gasteiger partial charge on any atom is 0.490 e. The Labute approximate surface area is 397 Å². The highest BCUT2D eigenvalue weighted by Gasteiger charge is 2.39. The zero-order chi connectivity index (χ0) is 54.8. The van der Waals surface area contributed by atoms with Crippen molar-refractivity contribution in [2.75, 3.05) is 13.1 Å². The number of rotatable bonds is 26. The number of nitrogens with two attached hydrogens (primary N) is 4. The first-order chi connectivity index (χ1) is 32.2. The zero-order valence-corrected chi connectivity index (χ0v) is 38.8. The Morgan fingerprint density at radius 1 is 0.629 bits per heavy atom. The van der Waals surface area contributed by atoms with Crippen LogP contribution in [0.4, 0.5) is 39.5 Å². The van der Waals surface area contributed by atoms with E-state index in [0.29, 0.717) is 44.2 Å². The molecule has 0 fully saturated rings. The van der Waals surface area contributed by atoms with Gasteiger partial charge in [0.25, 0.3) is 0 Å². The van der Waals surface area contributed by atoms with E-state index >= 15 is 0 Å². The van der Waals surface area contributed by atoms with Crippen molar-refractivity contribution < 1.29 is 88.4 Å². The van der Waals surface area contributed by atoms with Crippen LogP contribution in [0.3, 0.4) is 0 Å². The number of carbonyl (C=O) groups is 7. The Balaban J connectivity index is -0.00000175. The number of amides is 4. The number of hydrogen-bond acceptors (Lipinski definition) is 10. The van der Waals surface area contributed by atoms with E-state index in [2.05, 4.69) is 33.2 Å². The SMILES string of the molecule is CCCCCCCCCC(=O)N[C@@H](CCCN=C(N)N)C(=O)N[C@H](C(=O)N[C@@H](CCCCN)C(=O)NCc1ccc(C(=N)N)cc1)C(C)C.O=C(O)C(F)(F)F.O=C(O)C(F)(F)F.O=C(O)C(F)(F)F. The number of carboxylic acid groups (broad SMARTS) is 3. The number of nitrogen functional groups attached to an aromatic ring is 1. The van der Waals surface area contributed by atoms with Crippen LogP contribution in [-0.2, 0) is 40.1 Å². The van der Waals surface area contributed by atoms with Crippen molar-refractivity contribution >= 4 is 53.3 Å². The van der Waals surface area contributed by atoms with Gasteiger partial charge in [-0.2, -0.15) is 39.5 Å². The molecule has 0 aliphatic rings. The van der Waals surface area contributed by atoms with Gasteiger partial charge in [-0.05, 0) is 56.6 Å². The monoisotopic (exact) mass is 1030 g/mol. The number of aliphatic carboxylic acids is 3. The molecule has 0 aliphatic carbocycles. The normalized spacial score (nSPS) is 12.3. The smallest absolute Gasteiger partial charge is 0.475 e. The fourth-order valence-electron chi connectivity index (χ4n) is 5.21. The van der Waals surface area contributed by atoms with Crippen molar-refractivity contribution in [1.29, 1.82) is 5.41 Å². The van der Waals surface area contributed by atoms with Crippen molar-refractivity contribution in [2.45, 2.75) is 147 Å². The summed E-state index contributed by atoms with van der Waals surface area (Å²) in [5.41, 5.74) is 23.5. The van der Waals surface area contributed by atoms with Crippen LogP contribution in [0.15, 0.2) is 29.3 Å². The summed E-state index contributed by atoms with van der Waals surface area (Å²) in [5, 5.41) is 40.3. The fourth-order valence-corrected chi connectivity index (χ4v) is 5.21. The molecule has 0 aliphatic heterocycles. The van der Waals surface area contributed by atoms with Crippen LogP contribution < -0.4 is 44.2 Å². The van der Waals surface area contributed by atoms with Crippen LogP contribution in [0.5, 0.6) is 0 Å². The minimum Gasteiger partial charge on any atom is -0.475 e. The third-order valence-corrected chi connectivity index (χ3v) is 8.89. The first-order valence-corrected chi connectivity index (χ1v) is 21.5. The van der Waals surface area contributed by atoms with Crippen LogP contribution in [0.1, 0.15) is 115 Å². The number of halogens is 9. The van der Waals surface area contributed by atoms with Gasteiger partial charge in [0.05, 0.1) is 0 Å². The van der Waals surface area contributed by atoms with Gasteiger partial charge >= 0.3 is 36.4 Å². The molecule has 0 bridgehead atoms. The highest BCUT2D eigenvalue weighted by molar-refractivity contribution is 5.95. The molecule has 0 aromatic heterocycles. The molecule has 0 heterocycles. The molecular weight excluding hydrogens is 963 g/mol. The van der Waals surface area contributed by atoms with Crippen LogP contribution in [-0.4, -0.2) is 118 Å². The topological polar surface area (TPSA) is 369 Å². The number of hydrogen-bond donors (Lipinski definition) is 12. The van der Waals surface area contributed by atoms with Gasteiger partial charge in [-0.15, -0.1) is 0 Å². The molecule has 0 saturated heterocycles. The molecule has 402 valence electrons. The number of benzene rings is 1. The number of aliphatic imine (C=N–C) groups is 1. The minimum atomic E-state index is -5.08. The molecule has 29 heteroatoms. The number of amidine groups is 1. The highest BCUT2D eigenvalue weighted by atomic mass is 19.4. The standard InChI is InChI=1S/C35H62N10O4.3C2HF3O2/c1-4-5-6-7-8-9-10-16-29(46)43-28(15-13-22-41-35(39)40)33(48)45-30(24(2)3)34(49)44-27(14-11-12-21-36)32(47)42-23-25-17-19-26(20-18-25)31(37)38;3*3-2(4,5)1(6)7/h17-20,24,27-28,30H,4-16,21-23,36H2,1-3H3,(H3,37,38)(H,42,47)(H,43,46)(H,44,49)(H,45,48)(H4,39,40,41);3*(H,6,7)/t27-,28-,30-;;;/m0.../s1. The van der Waals surface area contributed by atoms with Gasteiger partial charge in [0.15, 0.2) is 5.96 Å². The Bertz CT molecular complexity index is 1740. The molecule has 20 nitrogen and oxygen atoms in total. The lowest BCUT2D eigenvalue weighted by molar-refractivity contribution is -0.193. The summed E-state index contributed by atoms with van der Waals surface area (Å²) in [6, 6.07) is 4.23. The summed E-state index contributed by atoms with van der Waals surface area (Å²) in [5.74, 6) is -10.3. The summed E-state index contributed by atoms with van der Waals surface area (Å²) < 4.78 is 95.2. The second kappa shape index (κ2) is 35.7. The summed E-state index contributed by atoms with van der Waals surface area (Å²) >= 11 is 0. The molecule has 0 spiro atoms. The maximum absolute atomic E-state index is 13.6. The quantitative estimate of drug-likeness (QED) is 0.0271. The molecule has 70 heavy (non-hydrogen) atoms. The summed E-state index contributed by atoms with van der Waals surface area (Å²) in [4.78, 5) is 83.9. The van der Waals surface area contributed by atoms with E-state index in [1.165, 1.54) is 19.3 Å². The van der Waals surface area contributed by atoms with Gasteiger partial charge in [-0.1, -0.05) is 83.6 Å². The van der Waals surface area contributed by atoms with E-state index < -0.39 is 66.4 Å². The van der Waals surface area contributed by atoms with Crippen LogP contribution in [0.2, 0.25) is 0 Å². The number of carbonyl (C=O) groups excluding carboxylic acids is 4. The van der Waals surface area contributed by atoms with E-state index in [-0.39, 0.29) is 49.0 Å². The van der Waals surface area contributed by atoms with E-state index in [4.69, 9.17) is 58.0 Å². The number of alkyl halides is 9. The Kier molecular flexibility index (Phi) is 34.6. The number of unbranched alkanes of at least 4 members (excludes halogenated alkanes) is 7. The lowest BCUT2D eigenvalue weighted by Crippen LogP contribution is -2.58. The third-order valence-electron chi connectivity index (χ3n) is 8.89. The highest BCUT2D eigenvalue weighted by Crippen LogP contribution is 2.15. The zero-order valence-electron chi connectivity index (χ0n) is 38.8. The van der Waals surface area contributed by atoms with Crippen molar-refractivity contribution in [1.82, 2.24) is 21.3 Å². The van der Waals surface area contributed by atoms with Gasteiger partial charge in [0.1, 0.15) is 24.0 Å². The summed E-state index contributed by atoms with van der Waals surface area (Å²) in [6.07, 6.45) is -5.10. The lowest BCUT2D eigenvalue weighted by Gasteiger charge is -2.27. The number of carboxylic acids is 3. The molecular formula is C41H65F9N10O10. The Morgan fingerprint density at radius 2 is 1.07 bits per heavy atom. The predicted molar refractivity (Wildman–Crippen MR) is 236 cm³/mol. The van der Waals surface area contributed by atoms with Crippen LogP contribution in [0.25, 0.3) is 0 Å². The molecule has 0 unspecified atom stereocenters. The second-order valence-corrected chi connectivity index (χ2v) is 15.3. The first-order valence-electron chi connectivity index (χ1n) is 21.5. The average molecular weight is 1030 g/mol. The lowest BCUT2D eigenvalue weighted by atomic mass is 10.0. The Morgan fingerprint density at radius 3 is 1.49 bits per heavy atom. The van der Waals surface area contributed by atoms with Gasteiger partial charge in [-0.25, -0.2) is 14.4 Å². The summed E-state index contributed by atoms with van der Waals surface area (Å²) in [7, 11) is 0. The van der Waals surface area contributed by atoms with Crippen LogP contribution in [0, 0.1) is 11.3 Å². The number of guanidine groups is 1. The molecule has 4 amide bonds. The molecule has 1 aromatic carbocycles. The summed E-state index contributed by atoms with van der Waals surface area (Å²) in [6.45, 7) is 6.72. The Hall–Kier alpha value is -6.42. The van der Waals surface area contributed by atoms with Crippen molar-refractivity contribution in [3.8, 4) is 0 Å². The number of nitrogens with zero attached hydrogens (tertiary/aromatic N) is 1.